The molecule has 3 amide bonds. The van der Waals surface area contributed by atoms with Crippen molar-refractivity contribution in [3.63, 3.8) is 0 Å². The van der Waals surface area contributed by atoms with Crippen molar-refractivity contribution in [1.82, 2.24) is 18.9 Å². The number of para-hydroxylation sites is 1. The molecule has 68 heavy (non-hydrogen) atoms. The van der Waals surface area contributed by atoms with Crippen LogP contribution in [0, 0.1) is 5.82 Å². The number of thiophene rings is 1. The molecule has 4 atom stereocenters. The molecule has 1 unspecified atom stereocenters. The number of anilines is 1. The number of nitrogens with zero attached hydrogens (tertiary/aromatic N) is 4. The number of nitrogens with one attached hydrogen (secondary N) is 1. The van der Waals surface area contributed by atoms with Crippen LogP contribution in [0.5, 0.6) is 5.75 Å². The fourth-order valence-corrected chi connectivity index (χ4v) is 11.1. The summed E-state index contributed by atoms with van der Waals surface area (Å²) < 4.78 is 46.5. The number of methoxy groups -OCH3 is 2. The summed E-state index contributed by atoms with van der Waals surface area (Å²) in [7, 11) is 2.89. The summed E-state index contributed by atoms with van der Waals surface area (Å²) in [5.74, 6) is -2.68. The van der Waals surface area contributed by atoms with Crippen LogP contribution in [0.3, 0.4) is 0 Å². The number of carbonyl (C=O) groups excluding carboxylic acids is 5. The first-order chi connectivity index (χ1) is 32.8. The third-order valence-electron chi connectivity index (χ3n) is 13.3. The Hall–Kier alpha value is -6.84. The monoisotopic (exact) mass is 959 g/mol. The van der Waals surface area contributed by atoms with Gasteiger partial charge in [-0.05, 0) is 77.6 Å². The molecular formula is C52H48ClF2N5O7S. The minimum atomic E-state index is -1.51. The van der Waals surface area contributed by atoms with Crippen LogP contribution in [0.25, 0.3) is 32.2 Å². The average Bonchev–Trinajstić information content (AvgIpc) is 4.11. The number of hydrogen-bond acceptors (Lipinski definition) is 8. The molecule has 12 nitrogen and oxygen atoms in total. The third-order valence-corrected chi connectivity index (χ3v) is 14.5. The summed E-state index contributed by atoms with van der Waals surface area (Å²) >= 11 is 7.97. The topological polar surface area (TPSA) is 132 Å². The van der Waals surface area contributed by atoms with Gasteiger partial charge in [-0.3, -0.25) is 23.7 Å². The lowest BCUT2D eigenvalue weighted by Crippen LogP contribution is -2.44. The molecule has 3 aromatic heterocycles. The van der Waals surface area contributed by atoms with Crippen LogP contribution in [-0.2, 0) is 32.1 Å². The van der Waals surface area contributed by atoms with Gasteiger partial charge >= 0.3 is 5.97 Å². The molecular weight excluding hydrogens is 912 g/mol. The Morgan fingerprint density at radius 3 is 2.35 bits per heavy atom. The Balaban J connectivity index is 1.04. The van der Waals surface area contributed by atoms with Crippen LogP contribution in [0.2, 0.25) is 5.02 Å². The van der Waals surface area contributed by atoms with E-state index in [9.17, 15) is 24.0 Å². The van der Waals surface area contributed by atoms with Gasteiger partial charge in [-0.1, -0.05) is 72.3 Å². The number of amides is 3. The first kappa shape index (κ1) is 46.3. The molecule has 7 aromatic rings. The van der Waals surface area contributed by atoms with Gasteiger partial charge in [0.05, 0.1) is 44.5 Å². The van der Waals surface area contributed by atoms with Gasteiger partial charge in [-0.25, -0.2) is 13.6 Å². The predicted octanol–water partition coefficient (Wildman–Crippen LogP) is 10.2. The maximum absolute atomic E-state index is 17.4. The molecule has 0 aliphatic carbocycles. The number of rotatable bonds is 11. The highest BCUT2D eigenvalue weighted by Gasteiger charge is 2.41. The number of aromatic nitrogens is 2. The molecule has 2 aliphatic heterocycles. The van der Waals surface area contributed by atoms with Gasteiger partial charge < -0.3 is 29.2 Å². The second-order valence-electron chi connectivity index (χ2n) is 17.2. The van der Waals surface area contributed by atoms with Gasteiger partial charge in [-0.15, -0.1) is 11.3 Å². The fourth-order valence-electron chi connectivity index (χ4n) is 9.90. The standard InChI is InChI=1S/C52H48ClF2N5O7S/c1-30(61)59-26-33(37-21-23-68-51(37)59)24-46(62)60-27-34(54)25-45(60)50(64)56-49-36(17-18-40(48(49)55)38-8-4-6-10-42(38)53)31-14-19-43(32-12-15-35(66-2)16-13-32)58(22-20-31)47(63)29-57-28-41(52(65)67-3)39-9-5-7-11-44(39)57/h4-13,15-18,21,23,26,28,31,34,43,45H,14,19-20,22,24-25,27,29H2,1-3H3,(H,56,64)/t31?,34-,43+,45+/m1/s1. The summed E-state index contributed by atoms with van der Waals surface area (Å²) in [4.78, 5) is 72.1. The zero-order valence-electron chi connectivity index (χ0n) is 37.5. The lowest BCUT2D eigenvalue weighted by atomic mass is 9.87. The molecule has 4 aromatic carbocycles. The number of carbonyl (C=O) groups is 5. The highest BCUT2D eigenvalue weighted by molar-refractivity contribution is 7.17. The van der Waals surface area contributed by atoms with Crippen LogP contribution in [0.4, 0.5) is 14.5 Å². The summed E-state index contributed by atoms with van der Waals surface area (Å²) in [6.45, 7) is 1.27. The normalized spacial score (nSPS) is 18.4. The van der Waals surface area contributed by atoms with Crippen LogP contribution >= 0.6 is 22.9 Å². The van der Waals surface area contributed by atoms with E-state index in [-0.39, 0.29) is 61.5 Å². The van der Waals surface area contributed by atoms with E-state index >= 15 is 8.78 Å². The molecule has 0 saturated carbocycles. The molecule has 0 spiro atoms. The van der Waals surface area contributed by atoms with Crippen molar-refractivity contribution in [1.29, 1.82) is 0 Å². The minimum Gasteiger partial charge on any atom is -0.497 e. The molecule has 0 bridgehead atoms. The Labute approximate surface area is 400 Å². The Morgan fingerprint density at radius 1 is 0.838 bits per heavy atom. The Morgan fingerprint density at radius 2 is 1.60 bits per heavy atom. The van der Waals surface area contributed by atoms with Crippen molar-refractivity contribution >= 4 is 79.3 Å². The van der Waals surface area contributed by atoms with Gasteiger partial charge in [0.25, 0.3) is 0 Å². The molecule has 0 radical (unpaired) electrons. The predicted molar refractivity (Wildman–Crippen MR) is 258 cm³/mol. The van der Waals surface area contributed by atoms with E-state index in [1.165, 1.54) is 34.8 Å². The van der Waals surface area contributed by atoms with Crippen molar-refractivity contribution in [2.45, 2.75) is 69.7 Å². The zero-order chi connectivity index (χ0) is 47.8. The molecule has 2 fully saturated rings. The van der Waals surface area contributed by atoms with Crippen LogP contribution in [-0.4, -0.2) is 88.1 Å². The first-order valence-electron chi connectivity index (χ1n) is 22.3. The molecule has 2 saturated heterocycles. The largest absolute Gasteiger partial charge is 0.497 e. The lowest BCUT2D eigenvalue weighted by molar-refractivity contribution is -0.136. The molecule has 16 heteroatoms. The van der Waals surface area contributed by atoms with Gasteiger partial charge in [0, 0.05) is 64.7 Å². The first-order valence-corrected chi connectivity index (χ1v) is 23.6. The van der Waals surface area contributed by atoms with E-state index in [2.05, 4.69) is 5.32 Å². The highest BCUT2D eigenvalue weighted by atomic mass is 35.5. The van der Waals surface area contributed by atoms with E-state index in [0.29, 0.717) is 68.0 Å². The van der Waals surface area contributed by atoms with Crippen LogP contribution in [0.1, 0.15) is 76.4 Å². The van der Waals surface area contributed by atoms with Crippen molar-refractivity contribution in [3.8, 4) is 16.9 Å². The second-order valence-corrected chi connectivity index (χ2v) is 18.5. The number of esters is 1. The van der Waals surface area contributed by atoms with E-state index in [0.717, 1.165) is 10.9 Å². The zero-order valence-corrected chi connectivity index (χ0v) is 39.1. The van der Waals surface area contributed by atoms with Gasteiger partial charge in [-0.2, -0.15) is 0 Å². The Kier molecular flexibility index (Phi) is 13.2. The summed E-state index contributed by atoms with van der Waals surface area (Å²) in [6.07, 6.45) is 2.58. The lowest BCUT2D eigenvalue weighted by Gasteiger charge is -2.31. The van der Waals surface area contributed by atoms with E-state index < -0.39 is 41.9 Å². The van der Waals surface area contributed by atoms with E-state index in [4.69, 9.17) is 21.1 Å². The van der Waals surface area contributed by atoms with Gasteiger partial charge in [0.2, 0.25) is 23.6 Å². The summed E-state index contributed by atoms with van der Waals surface area (Å²) in [5.41, 5.74) is 3.38. The maximum atomic E-state index is 17.4. The van der Waals surface area contributed by atoms with E-state index in [1.54, 1.807) is 60.5 Å². The summed E-state index contributed by atoms with van der Waals surface area (Å²) in [6, 6.07) is 25.1. The van der Waals surface area contributed by atoms with Crippen molar-refractivity contribution in [3.05, 3.63) is 142 Å². The average molecular weight is 960 g/mol. The fraction of sp³-hybridized carbons (Fsp3) is 0.288. The molecule has 5 heterocycles. The van der Waals surface area contributed by atoms with Crippen LogP contribution < -0.4 is 10.1 Å². The van der Waals surface area contributed by atoms with E-state index in [1.807, 2.05) is 64.9 Å². The number of benzene rings is 4. The highest BCUT2D eigenvalue weighted by Crippen LogP contribution is 2.43. The Bertz CT molecular complexity index is 3090. The van der Waals surface area contributed by atoms with Crippen molar-refractivity contribution in [2.24, 2.45) is 0 Å². The molecule has 1 N–H and O–H groups in total. The number of alkyl halides is 1. The number of likely N-dealkylation sites (tertiary alicyclic amines) is 2. The number of hydrogen-bond donors (Lipinski definition) is 1. The quantitative estimate of drug-likeness (QED) is 0.128. The third kappa shape index (κ3) is 8.88. The molecule has 9 rings (SSSR count). The second kappa shape index (κ2) is 19.4. The maximum Gasteiger partial charge on any atom is 0.340 e. The number of ether oxygens (including phenoxy) is 2. The van der Waals surface area contributed by atoms with Gasteiger partial charge in [0.15, 0.2) is 5.82 Å². The molecule has 350 valence electrons. The van der Waals surface area contributed by atoms with Crippen molar-refractivity contribution in [2.75, 3.05) is 32.6 Å². The number of fused-ring (bicyclic) bond motifs is 2. The minimum absolute atomic E-state index is 0.0792. The molecule has 2 aliphatic rings. The summed E-state index contributed by atoms with van der Waals surface area (Å²) in [5, 5.41) is 6.33. The SMILES string of the molecule is COC(=O)c1cn(CC(=O)N2CCC(c3ccc(-c4ccccc4Cl)c(F)c3NC(=O)[C@@H]3C[C@@H](F)CN3C(=O)Cc3cn(C(C)=O)c4sccc34)CC[C@H]2c2ccc(OC)cc2)c2ccccc12. The smallest absolute Gasteiger partial charge is 0.340 e. The van der Waals surface area contributed by atoms with Crippen LogP contribution in [0.15, 0.2) is 109 Å². The van der Waals surface area contributed by atoms with Crippen molar-refractivity contribution < 1.29 is 42.2 Å². The van der Waals surface area contributed by atoms with Gasteiger partial charge in [0.1, 0.15) is 29.3 Å². The number of halogens is 3.